The molecule has 7 nitrogen and oxygen atoms in total. The number of aromatic nitrogens is 2. The van der Waals surface area contributed by atoms with Crippen LogP contribution in [0.1, 0.15) is 15.9 Å². The summed E-state index contributed by atoms with van der Waals surface area (Å²) in [6.45, 7) is 3.44. The second-order valence-corrected chi connectivity index (χ2v) is 6.45. The SMILES string of the molecule is O=CNc1ccc(C(=O)c2ccc3ncc(N4CCNCC4)nc3c2)c(F)c1. The molecule has 2 aromatic carbocycles. The molecule has 0 spiro atoms. The molecule has 8 heteroatoms. The molecule has 3 aromatic rings. The molecule has 1 aliphatic rings. The number of nitrogens with zero attached hydrogens (tertiary/aromatic N) is 3. The molecule has 0 atom stereocenters. The highest BCUT2D eigenvalue weighted by Gasteiger charge is 2.17. The van der Waals surface area contributed by atoms with E-state index in [2.05, 4.69) is 25.5 Å². The number of benzene rings is 2. The van der Waals surface area contributed by atoms with Crippen LogP contribution in [-0.2, 0) is 4.79 Å². The minimum atomic E-state index is -0.697. The van der Waals surface area contributed by atoms with Crippen LogP contribution in [0, 0.1) is 5.82 Å². The number of rotatable bonds is 5. The molecular formula is C20H18FN5O2. The minimum Gasteiger partial charge on any atom is -0.353 e. The van der Waals surface area contributed by atoms with Crippen molar-refractivity contribution in [3.63, 3.8) is 0 Å². The predicted octanol–water partition coefficient (Wildman–Crippen LogP) is 1.98. The second-order valence-electron chi connectivity index (χ2n) is 6.45. The maximum atomic E-state index is 14.3. The lowest BCUT2D eigenvalue weighted by molar-refractivity contribution is -0.105. The smallest absolute Gasteiger partial charge is 0.211 e. The van der Waals surface area contributed by atoms with Gasteiger partial charge in [-0.05, 0) is 36.4 Å². The molecule has 1 amide bonds. The van der Waals surface area contributed by atoms with Crippen molar-refractivity contribution in [3.8, 4) is 0 Å². The number of halogens is 1. The fraction of sp³-hybridized carbons (Fsp3) is 0.200. The lowest BCUT2D eigenvalue weighted by Crippen LogP contribution is -2.43. The summed E-state index contributed by atoms with van der Waals surface area (Å²) < 4.78 is 14.3. The molecule has 28 heavy (non-hydrogen) atoms. The third-order valence-corrected chi connectivity index (χ3v) is 4.67. The fourth-order valence-corrected chi connectivity index (χ4v) is 3.20. The van der Waals surface area contributed by atoms with Gasteiger partial charge in [-0.25, -0.2) is 9.37 Å². The van der Waals surface area contributed by atoms with Crippen LogP contribution in [0.3, 0.4) is 0 Å². The van der Waals surface area contributed by atoms with Gasteiger partial charge in [-0.1, -0.05) is 0 Å². The Kier molecular flexibility index (Phi) is 4.94. The van der Waals surface area contributed by atoms with Crippen molar-refractivity contribution in [1.82, 2.24) is 15.3 Å². The highest BCUT2D eigenvalue weighted by molar-refractivity contribution is 6.10. The monoisotopic (exact) mass is 379 g/mol. The largest absolute Gasteiger partial charge is 0.353 e. The normalized spacial score (nSPS) is 14.1. The third-order valence-electron chi connectivity index (χ3n) is 4.67. The quantitative estimate of drug-likeness (QED) is 0.521. The van der Waals surface area contributed by atoms with Crippen LogP contribution >= 0.6 is 0 Å². The molecule has 1 aromatic heterocycles. The van der Waals surface area contributed by atoms with Gasteiger partial charge < -0.3 is 15.5 Å². The van der Waals surface area contributed by atoms with Crippen molar-refractivity contribution in [2.75, 3.05) is 36.4 Å². The van der Waals surface area contributed by atoms with Crippen LogP contribution in [0.2, 0.25) is 0 Å². The number of ketones is 1. The van der Waals surface area contributed by atoms with Crippen LogP contribution < -0.4 is 15.5 Å². The Hall–Kier alpha value is -3.39. The summed E-state index contributed by atoms with van der Waals surface area (Å²) >= 11 is 0. The Morgan fingerprint density at radius 2 is 1.96 bits per heavy atom. The topological polar surface area (TPSA) is 87.2 Å². The number of amides is 1. The number of piperazine rings is 1. The molecule has 4 rings (SSSR count). The summed E-state index contributed by atoms with van der Waals surface area (Å²) in [6, 6.07) is 8.90. The van der Waals surface area contributed by atoms with Gasteiger partial charge >= 0.3 is 0 Å². The van der Waals surface area contributed by atoms with Crippen molar-refractivity contribution in [2.45, 2.75) is 0 Å². The van der Waals surface area contributed by atoms with Crippen molar-refractivity contribution >= 4 is 34.7 Å². The second kappa shape index (κ2) is 7.69. The van der Waals surface area contributed by atoms with Crippen LogP contribution in [0.4, 0.5) is 15.9 Å². The number of carbonyl (C=O) groups is 2. The Morgan fingerprint density at radius 1 is 1.14 bits per heavy atom. The highest BCUT2D eigenvalue weighted by Crippen LogP contribution is 2.21. The fourth-order valence-electron chi connectivity index (χ4n) is 3.20. The van der Waals surface area contributed by atoms with Gasteiger partial charge in [0.15, 0.2) is 5.78 Å². The van der Waals surface area contributed by atoms with Gasteiger partial charge in [-0.2, -0.15) is 0 Å². The summed E-state index contributed by atoms with van der Waals surface area (Å²) in [6.07, 6.45) is 2.18. The number of nitrogens with one attached hydrogen (secondary N) is 2. The Bertz CT molecular complexity index is 1050. The van der Waals surface area contributed by atoms with E-state index in [1.54, 1.807) is 24.4 Å². The minimum absolute atomic E-state index is 0.0676. The van der Waals surface area contributed by atoms with Crippen molar-refractivity contribution in [2.24, 2.45) is 0 Å². The molecule has 0 aliphatic carbocycles. The summed E-state index contributed by atoms with van der Waals surface area (Å²) in [5.41, 5.74) is 1.80. The van der Waals surface area contributed by atoms with Crippen molar-refractivity contribution in [3.05, 3.63) is 59.5 Å². The van der Waals surface area contributed by atoms with E-state index in [9.17, 15) is 14.0 Å². The molecule has 1 saturated heterocycles. The van der Waals surface area contributed by atoms with E-state index in [-0.39, 0.29) is 11.3 Å². The van der Waals surface area contributed by atoms with Gasteiger partial charge in [0.1, 0.15) is 11.6 Å². The van der Waals surface area contributed by atoms with E-state index < -0.39 is 11.6 Å². The number of hydrogen-bond acceptors (Lipinski definition) is 6. The Labute approximate surface area is 160 Å². The molecule has 142 valence electrons. The zero-order chi connectivity index (χ0) is 19.5. The van der Waals surface area contributed by atoms with Gasteiger partial charge in [0.25, 0.3) is 0 Å². The average Bonchev–Trinajstić information content (AvgIpc) is 2.73. The first kappa shape index (κ1) is 18.0. The maximum absolute atomic E-state index is 14.3. The van der Waals surface area contributed by atoms with Gasteiger partial charge in [0.2, 0.25) is 6.41 Å². The van der Waals surface area contributed by atoms with Gasteiger partial charge in [-0.3, -0.25) is 14.6 Å². The first-order valence-electron chi connectivity index (χ1n) is 8.92. The molecule has 1 aliphatic heterocycles. The molecule has 2 heterocycles. The van der Waals surface area contributed by atoms with E-state index in [0.29, 0.717) is 23.0 Å². The van der Waals surface area contributed by atoms with Gasteiger partial charge in [-0.15, -0.1) is 0 Å². The lowest BCUT2D eigenvalue weighted by Gasteiger charge is -2.28. The van der Waals surface area contributed by atoms with Crippen LogP contribution in [0.5, 0.6) is 0 Å². The molecule has 2 N–H and O–H groups in total. The zero-order valence-electron chi connectivity index (χ0n) is 15.0. The number of hydrogen-bond donors (Lipinski definition) is 2. The van der Waals surface area contributed by atoms with Gasteiger partial charge in [0.05, 0.1) is 22.8 Å². The third kappa shape index (κ3) is 3.54. The van der Waals surface area contributed by atoms with E-state index in [1.165, 1.54) is 12.1 Å². The van der Waals surface area contributed by atoms with E-state index >= 15 is 0 Å². The summed E-state index contributed by atoms with van der Waals surface area (Å²) in [5.74, 6) is -0.391. The molecule has 0 unspecified atom stereocenters. The summed E-state index contributed by atoms with van der Waals surface area (Å²) in [7, 11) is 0. The number of carbonyl (C=O) groups excluding carboxylic acids is 2. The zero-order valence-corrected chi connectivity index (χ0v) is 15.0. The molecule has 0 saturated carbocycles. The summed E-state index contributed by atoms with van der Waals surface area (Å²) in [4.78, 5) is 34.4. The van der Waals surface area contributed by atoms with Gasteiger partial charge in [0, 0.05) is 37.4 Å². The predicted molar refractivity (Wildman–Crippen MR) is 104 cm³/mol. The van der Waals surface area contributed by atoms with Crippen molar-refractivity contribution in [1.29, 1.82) is 0 Å². The van der Waals surface area contributed by atoms with Crippen LogP contribution in [0.25, 0.3) is 11.0 Å². The standard InChI is InChI=1S/C20H18FN5O2/c21-16-10-14(24-12-27)2-3-15(16)20(28)13-1-4-17-18(9-13)25-19(11-23-17)26-7-5-22-6-8-26/h1-4,9-12,22H,5-8H2,(H,24,27). The molecule has 0 bridgehead atoms. The molecule has 1 fully saturated rings. The van der Waals surface area contributed by atoms with Crippen LogP contribution in [0.15, 0.2) is 42.6 Å². The maximum Gasteiger partial charge on any atom is 0.211 e. The van der Waals surface area contributed by atoms with E-state index in [4.69, 9.17) is 0 Å². The first-order chi connectivity index (χ1) is 13.7. The van der Waals surface area contributed by atoms with Crippen LogP contribution in [-0.4, -0.2) is 48.3 Å². The highest BCUT2D eigenvalue weighted by atomic mass is 19.1. The number of anilines is 2. The van der Waals surface area contributed by atoms with Crippen molar-refractivity contribution < 1.29 is 14.0 Å². The summed E-state index contributed by atoms with van der Waals surface area (Å²) in [5, 5.41) is 5.64. The average molecular weight is 379 g/mol. The number of fused-ring (bicyclic) bond motifs is 1. The lowest BCUT2D eigenvalue weighted by atomic mass is 10.0. The van der Waals surface area contributed by atoms with E-state index in [1.807, 2.05) is 0 Å². The van der Waals surface area contributed by atoms with E-state index in [0.717, 1.165) is 38.1 Å². The first-order valence-corrected chi connectivity index (χ1v) is 8.92. The Morgan fingerprint density at radius 3 is 2.71 bits per heavy atom. The Balaban J connectivity index is 1.66. The molecular weight excluding hydrogens is 361 g/mol. The molecule has 0 radical (unpaired) electrons.